The number of aryl methyl sites for hydroxylation is 2. The largest absolute Gasteiger partial charge is 0.464 e. The molecule has 6 atom stereocenters. The van der Waals surface area contributed by atoms with Crippen molar-refractivity contribution >= 4 is 43.6 Å². The van der Waals surface area contributed by atoms with Gasteiger partial charge < -0.3 is 9.47 Å². The summed E-state index contributed by atoms with van der Waals surface area (Å²) in [6.45, 7) is 7.12. The highest BCUT2D eigenvalue weighted by atomic mass is 32.2. The number of sulfonamides is 2. The molecule has 0 spiro atoms. The summed E-state index contributed by atoms with van der Waals surface area (Å²) in [5.41, 5.74) is -0.202. The summed E-state index contributed by atoms with van der Waals surface area (Å²) in [5, 5.41) is 0. The van der Waals surface area contributed by atoms with E-state index in [2.05, 4.69) is 0 Å². The smallest absolute Gasteiger partial charge is 0.334 e. The molecule has 14 heteroatoms. The SMILES string of the molecule is CCOC(=O)[C@@]12c3cc(C)ccc3S(=O)(=O)N1[C@@H]2C(=O)c1ccccc1.CCOC(=O)[C@@]12c3cc(C)ccc3S(=O)(=O)N1[C@H]2C(=O)c1ccccc1. The van der Waals surface area contributed by atoms with E-state index in [0.29, 0.717) is 22.3 Å². The van der Waals surface area contributed by atoms with Gasteiger partial charge in [0.05, 0.1) is 23.0 Å². The minimum absolute atomic E-state index is 0.0632. The number of hydrogen-bond donors (Lipinski definition) is 0. The molecule has 8 rings (SSSR count). The standard InChI is InChI=1S/2C19H17NO5S/c2*1-3-25-18(22)19-14-11-12(2)9-10-15(14)26(23,24)20(19)17(19)16(21)13-7-5-4-6-8-13/h2*4-11,17H,3H2,1-2H3/t17-,19+,20?;17-,19-,20?/m10/s1. The number of benzene rings is 4. The van der Waals surface area contributed by atoms with Crippen molar-refractivity contribution in [3.63, 3.8) is 0 Å². The van der Waals surface area contributed by atoms with Crippen molar-refractivity contribution in [3.05, 3.63) is 130 Å². The van der Waals surface area contributed by atoms with Gasteiger partial charge in [0.1, 0.15) is 12.1 Å². The van der Waals surface area contributed by atoms with Crippen molar-refractivity contribution in [2.24, 2.45) is 0 Å². The van der Waals surface area contributed by atoms with Gasteiger partial charge in [0, 0.05) is 22.3 Å². The second kappa shape index (κ2) is 12.3. The van der Waals surface area contributed by atoms with E-state index in [4.69, 9.17) is 9.47 Å². The highest BCUT2D eigenvalue weighted by Gasteiger charge is 2.83. The summed E-state index contributed by atoms with van der Waals surface area (Å²) < 4.78 is 64.2. The number of Topliss-reactive ketones (excluding diaryl/α,β-unsaturated/α-hetero) is 2. The van der Waals surface area contributed by atoms with E-state index in [-0.39, 0.29) is 23.0 Å². The van der Waals surface area contributed by atoms with Gasteiger partial charge in [-0.25, -0.2) is 26.4 Å². The molecule has 0 aliphatic carbocycles. The number of esters is 2. The van der Waals surface area contributed by atoms with Crippen molar-refractivity contribution in [3.8, 4) is 0 Å². The molecule has 268 valence electrons. The van der Waals surface area contributed by atoms with Gasteiger partial charge in [0.2, 0.25) is 20.0 Å². The molecule has 2 unspecified atom stereocenters. The fourth-order valence-electron chi connectivity index (χ4n) is 7.49. The molecule has 4 aliphatic rings. The van der Waals surface area contributed by atoms with Crippen LogP contribution in [-0.4, -0.2) is 74.2 Å². The molecule has 4 aromatic carbocycles. The second-order valence-corrected chi connectivity index (χ2v) is 16.4. The predicted molar refractivity (Wildman–Crippen MR) is 186 cm³/mol. The predicted octanol–water partition coefficient (Wildman–Crippen LogP) is 4.05. The van der Waals surface area contributed by atoms with Crippen LogP contribution in [0, 0.1) is 13.8 Å². The van der Waals surface area contributed by atoms with Crippen LogP contribution in [0.4, 0.5) is 0 Å². The number of fused-ring (bicyclic) bond motifs is 6. The summed E-state index contributed by atoms with van der Waals surface area (Å²) in [6.07, 6.45) is 0. The number of hydrogen-bond acceptors (Lipinski definition) is 10. The van der Waals surface area contributed by atoms with Gasteiger partial charge in [-0.15, -0.1) is 0 Å². The molecule has 0 radical (unpaired) electrons. The van der Waals surface area contributed by atoms with Crippen LogP contribution in [0.15, 0.2) is 107 Å². The summed E-state index contributed by atoms with van der Waals surface area (Å²) in [6, 6.07) is 24.2. The second-order valence-electron chi connectivity index (χ2n) is 12.8. The van der Waals surface area contributed by atoms with Crippen LogP contribution in [0.2, 0.25) is 0 Å². The average molecular weight is 743 g/mol. The van der Waals surface area contributed by atoms with E-state index in [0.717, 1.165) is 19.7 Å². The lowest BCUT2D eigenvalue weighted by molar-refractivity contribution is -0.148. The van der Waals surface area contributed by atoms with E-state index >= 15 is 0 Å². The molecule has 0 saturated carbocycles. The van der Waals surface area contributed by atoms with Gasteiger partial charge in [0.15, 0.2) is 22.6 Å². The minimum Gasteiger partial charge on any atom is -0.464 e. The Hall–Kier alpha value is -5.02. The van der Waals surface area contributed by atoms with Gasteiger partial charge in [-0.05, 0) is 39.8 Å². The number of nitrogens with zero attached hydrogens (tertiary/aromatic N) is 2. The van der Waals surface area contributed by atoms with Crippen LogP contribution in [0.3, 0.4) is 0 Å². The van der Waals surface area contributed by atoms with Crippen LogP contribution in [0.25, 0.3) is 0 Å². The van der Waals surface area contributed by atoms with Crippen LogP contribution in [0.5, 0.6) is 0 Å². The topological polar surface area (TPSA) is 161 Å². The zero-order valence-electron chi connectivity index (χ0n) is 28.6. The third kappa shape index (κ3) is 4.78. The minimum atomic E-state index is -3.94. The van der Waals surface area contributed by atoms with Gasteiger partial charge in [-0.3, -0.25) is 9.59 Å². The van der Waals surface area contributed by atoms with Crippen LogP contribution >= 0.6 is 0 Å². The fourth-order valence-corrected chi connectivity index (χ4v) is 11.6. The molecule has 52 heavy (non-hydrogen) atoms. The molecule has 4 aromatic rings. The molecular weight excluding hydrogens is 709 g/mol. The van der Waals surface area contributed by atoms with Gasteiger partial charge in [-0.1, -0.05) is 96.1 Å². The fraction of sp³-hybridized carbons (Fsp3) is 0.263. The average Bonchev–Trinajstić information content (AvgIpc) is 4.00. The highest BCUT2D eigenvalue weighted by molar-refractivity contribution is 7.90. The molecule has 2 fully saturated rings. The molecule has 4 aliphatic heterocycles. The summed E-state index contributed by atoms with van der Waals surface area (Å²) in [7, 11) is -7.88. The highest BCUT2D eigenvalue weighted by Crippen LogP contribution is 2.63. The van der Waals surface area contributed by atoms with Gasteiger partial charge >= 0.3 is 11.9 Å². The number of carbonyl (C=O) groups excluding carboxylic acids is 4. The zero-order valence-corrected chi connectivity index (χ0v) is 30.2. The molecular formula is C38H34N2O10S2. The van der Waals surface area contributed by atoms with E-state index in [1.54, 1.807) is 98.8 Å². The van der Waals surface area contributed by atoms with Crippen molar-refractivity contribution in [2.45, 2.75) is 60.6 Å². The first-order chi connectivity index (χ1) is 24.7. The lowest BCUT2D eigenvalue weighted by atomic mass is 9.90. The molecule has 0 aromatic heterocycles. The van der Waals surface area contributed by atoms with Crippen molar-refractivity contribution in [1.29, 1.82) is 0 Å². The summed E-state index contributed by atoms with van der Waals surface area (Å²) in [4.78, 5) is 51.8. The maximum atomic E-state index is 13.0. The van der Waals surface area contributed by atoms with Crippen molar-refractivity contribution in [1.82, 2.24) is 8.61 Å². The molecule has 0 N–H and O–H groups in total. The first-order valence-electron chi connectivity index (χ1n) is 16.6. The maximum Gasteiger partial charge on any atom is 0.334 e. The molecule has 2 saturated heterocycles. The number of rotatable bonds is 8. The first-order valence-corrected chi connectivity index (χ1v) is 19.5. The van der Waals surface area contributed by atoms with Crippen molar-refractivity contribution in [2.75, 3.05) is 13.2 Å². The Bertz CT molecular complexity index is 2230. The number of ether oxygens (including phenoxy) is 2. The third-order valence-electron chi connectivity index (χ3n) is 9.77. The van der Waals surface area contributed by atoms with Crippen LogP contribution in [-0.2, 0) is 50.2 Å². The van der Waals surface area contributed by atoms with E-state index in [1.807, 2.05) is 13.8 Å². The quantitative estimate of drug-likeness (QED) is 0.146. The Morgan fingerprint density at radius 2 is 0.923 bits per heavy atom. The molecule has 0 bridgehead atoms. The lowest BCUT2D eigenvalue weighted by Crippen LogP contribution is -2.30. The van der Waals surface area contributed by atoms with Crippen LogP contribution in [0.1, 0.15) is 56.8 Å². The van der Waals surface area contributed by atoms with Gasteiger partial charge in [-0.2, -0.15) is 8.61 Å². The third-order valence-corrected chi connectivity index (χ3v) is 13.6. The van der Waals surface area contributed by atoms with Crippen LogP contribution < -0.4 is 0 Å². The van der Waals surface area contributed by atoms with E-state index in [1.165, 1.54) is 12.1 Å². The maximum absolute atomic E-state index is 13.0. The van der Waals surface area contributed by atoms with E-state index in [9.17, 15) is 36.0 Å². The molecule has 0 amide bonds. The lowest BCUT2D eigenvalue weighted by Gasteiger charge is -2.14. The molecule has 4 heterocycles. The Morgan fingerprint density at radius 1 is 0.577 bits per heavy atom. The Balaban J connectivity index is 0.000000162. The summed E-state index contributed by atoms with van der Waals surface area (Å²) >= 11 is 0. The van der Waals surface area contributed by atoms with Gasteiger partial charge in [0.25, 0.3) is 0 Å². The Labute approximate surface area is 301 Å². The zero-order chi connectivity index (χ0) is 37.4. The number of ketones is 2. The van der Waals surface area contributed by atoms with E-state index < -0.39 is 66.7 Å². The normalized spacial score (nSPS) is 27.3. The number of carbonyl (C=O) groups is 4. The Kier molecular flexibility index (Phi) is 8.37. The first kappa shape index (κ1) is 35.4. The monoisotopic (exact) mass is 742 g/mol. The molecule has 12 nitrogen and oxygen atoms in total. The summed E-state index contributed by atoms with van der Waals surface area (Å²) in [5.74, 6) is -2.23. The Morgan fingerprint density at radius 3 is 1.25 bits per heavy atom. The van der Waals surface area contributed by atoms with Crippen molar-refractivity contribution < 1.29 is 45.5 Å².